The predicted molar refractivity (Wildman–Crippen MR) is 148 cm³/mol. The number of carbonyl (C=O) groups is 1. The average Bonchev–Trinajstić information content (AvgIpc) is 3.56. The molecule has 0 spiro atoms. The number of rotatable bonds is 4. The summed E-state index contributed by atoms with van der Waals surface area (Å²) in [4.78, 5) is 26.1. The SMILES string of the molecule is Cc1nc2c(C)cc(-c3[nH]c4sc(C5CCN(C(=O)[C@@H]6COCCN6)CC5)c(C)c4c3C(C)C)cn2n1. The zero-order valence-corrected chi connectivity index (χ0v) is 23.2. The minimum Gasteiger partial charge on any atom is -0.378 e. The Morgan fingerprint density at radius 3 is 2.70 bits per heavy atom. The molecule has 2 aliphatic rings. The van der Waals surface area contributed by atoms with Gasteiger partial charge in [-0.15, -0.1) is 11.3 Å². The van der Waals surface area contributed by atoms with Crippen LogP contribution in [-0.2, 0) is 9.53 Å². The van der Waals surface area contributed by atoms with Crippen LogP contribution in [0.1, 0.15) is 65.9 Å². The Balaban J connectivity index is 1.29. The molecule has 0 saturated carbocycles. The molecule has 196 valence electrons. The van der Waals surface area contributed by atoms with Gasteiger partial charge < -0.3 is 19.9 Å². The first kappa shape index (κ1) is 24.6. The maximum absolute atomic E-state index is 12.9. The Bertz CT molecular complexity index is 1470. The minimum atomic E-state index is -0.191. The third-order valence-electron chi connectivity index (χ3n) is 7.95. The highest BCUT2D eigenvalue weighted by Crippen LogP contribution is 2.46. The van der Waals surface area contributed by atoms with Crippen LogP contribution in [0.3, 0.4) is 0 Å². The molecule has 1 atom stereocenters. The van der Waals surface area contributed by atoms with Gasteiger partial charge in [0, 0.05) is 41.7 Å². The van der Waals surface area contributed by atoms with Crippen LogP contribution < -0.4 is 5.32 Å². The lowest BCUT2D eigenvalue weighted by Crippen LogP contribution is -2.53. The molecule has 1 amide bonds. The molecular formula is C28H36N6O2S. The zero-order valence-electron chi connectivity index (χ0n) is 22.4. The van der Waals surface area contributed by atoms with Crippen molar-refractivity contribution in [2.75, 3.05) is 32.8 Å². The lowest BCUT2D eigenvalue weighted by atomic mass is 9.90. The Morgan fingerprint density at radius 1 is 1.22 bits per heavy atom. The van der Waals surface area contributed by atoms with Gasteiger partial charge >= 0.3 is 0 Å². The van der Waals surface area contributed by atoms with E-state index in [-0.39, 0.29) is 11.9 Å². The molecule has 2 fully saturated rings. The van der Waals surface area contributed by atoms with E-state index in [1.54, 1.807) is 0 Å². The third-order valence-corrected chi connectivity index (χ3v) is 9.32. The molecule has 0 aromatic carbocycles. The van der Waals surface area contributed by atoms with Crippen molar-refractivity contribution in [3.8, 4) is 11.3 Å². The number of morpholine rings is 1. The number of hydrogen-bond donors (Lipinski definition) is 2. The van der Waals surface area contributed by atoms with E-state index >= 15 is 0 Å². The van der Waals surface area contributed by atoms with Gasteiger partial charge in [-0.2, -0.15) is 5.10 Å². The molecule has 0 bridgehead atoms. The summed E-state index contributed by atoms with van der Waals surface area (Å²) in [6.45, 7) is 14.4. The number of likely N-dealkylation sites (tertiary alicyclic amines) is 1. The quantitative estimate of drug-likeness (QED) is 0.408. The summed E-state index contributed by atoms with van der Waals surface area (Å²) < 4.78 is 7.41. The topological polar surface area (TPSA) is 87.5 Å². The second-order valence-corrected chi connectivity index (χ2v) is 11.9. The van der Waals surface area contributed by atoms with Crippen LogP contribution in [0.5, 0.6) is 0 Å². The summed E-state index contributed by atoms with van der Waals surface area (Å²) in [5.41, 5.74) is 7.14. The number of H-pyrrole nitrogens is 1. The molecule has 9 heteroatoms. The highest BCUT2D eigenvalue weighted by molar-refractivity contribution is 7.19. The van der Waals surface area contributed by atoms with Crippen molar-refractivity contribution in [3.05, 3.63) is 39.7 Å². The maximum atomic E-state index is 12.9. The number of fused-ring (bicyclic) bond motifs is 2. The lowest BCUT2D eigenvalue weighted by molar-refractivity contribution is -0.137. The normalized spacial score (nSPS) is 19.5. The highest BCUT2D eigenvalue weighted by Gasteiger charge is 2.32. The highest BCUT2D eigenvalue weighted by atomic mass is 32.1. The molecule has 37 heavy (non-hydrogen) atoms. The number of carbonyl (C=O) groups excluding carboxylic acids is 1. The average molecular weight is 521 g/mol. The molecule has 0 radical (unpaired) electrons. The molecule has 6 heterocycles. The number of aryl methyl sites for hydroxylation is 3. The Labute approximate surface area is 221 Å². The molecule has 4 aromatic rings. The minimum absolute atomic E-state index is 0.190. The van der Waals surface area contributed by atoms with Gasteiger partial charge in [-0.1, -0.05) is 13.8 Å². The summed E-state index contributed by atoms with van der Waals surface area (Å²) in [6, 6.07) is 2.03. The number of pyridine rings is 1. The number of ether oxygens (including phenoxy) is 1. The first-order chi connectivity index (χ1) is 17.8. The van der Waals surface area contributed by atoms with Crippen LogP contribution in [0.4, 0.5) is 0 Å². The van der Waals surface area contributed by atoms with Crippen molar-refractivity contribution in [1.29, 1.82) is 0 Å². The predicted octanol–water partition coefficient (Wildman–Crippen LogP) is 4.68. The van der Waals surface area contributed by atoms with E-state index < -0.39 is 0 Å². The fourth-order valence-corrected chi connectivity index (χ4v) is 7.54. The van der Waals surface area contributed by atoms with Gasteiger partial charge in [0.05, 0.1) is 18.9 Å². The van der Waals surface area contributed by atoms with Gasteiger partial charge in [0.15, 0.2) is 5.65 Å². The van der Waals surface area contributed by atoms with Gasteiger partial charge in [-0.25, -0.2) is 9.50 Å². The summed E-state index contributed by atoms with van der Waals surface area (Å²) >= 11 is 1.90. The molecule has 8 nitrogen and oxygen atoms in total. The molecule has 4 aromatic heterocycles. The molecular weight excluding hydrogens is 484 g/mol. The molecule has 0 aliphatic carbocycles. The van der Waals surface area contributed by atoms with Crippen molar-refractivity contribution in [3.63, 3.8) is 0 Å². The van der Waals surface area contributed by atoms with Crippen LogP contribution >= 0.6 is 11.3 Å². The second-order valence-electron chi connectivity index (χ2n) is 10.9. The Kier molecular flexibility index (Phi) is 6.33. The third kappa shape index (κ3) is 4.27. The first-order valence-corrected chi connectivity index (χ1v) is 14.2. The van der Waals surface area contributed by atoms with Gasteiger partial charge in [0.2, 0.25) is 5.91 Å². The first-order valence-electron chi connectivity index (χ1n) is 13.4. The van der Waals surface area contributed by atoms with Crippen molar-refractivity contribution in [2.45, 2.75) is 65.3 Å². The summed E-state index contributed by atoms with van der Waals surface area (Å²) in [5, 5.41) is 9.25. The standard InChI is InChI=1S/C28H36N6O2S/c1-15(2)22-23-17(4)25(19-6-9-33(10-7-19)28(35)21-14-36-11-8-29-21)37-27(23)31-24(22)20-12-16(3)26-30-18(5)32-34(26)13-20/h12-13,15,19,21,29,31H,6-11,14H2,1-5H3/t21-/m0/s1. The van der Waals surface area contributed by atoms with E-state index in [1.807, 2.05) is 27.7 Å². The van der Waals surface area contributed by atoms with E-state index in [0.717, 1.165) is 55.1 Å². The number of nitrogens with one attached hydrogen (secondary N) is 2. The number of aromatic amines is 1. The maximum Gasteiger partial charge on any atom is 0.242 e. The van der Waals surface area contributed by atoms with Crippen LogP contribution in [0, 0.1) is 20.8 Å². The number of piperidine rings is 1. The van der Waals surface area contributed by atoms with Crippen molar-refractivity contribution in [1.82, 2.24) is 29.8 Å². The fourth-order valence-electron chi connectivity index (χ4n) is 6.14. The van der Waals surface area contributed by atoms with E-state index in [4.69, 9.17) is 4.74 Å². The summed E-state index contributed by atoms with van der Waals surface area (Å²) in [7, 11) is 0. The van der Waals surface area contributed by atoms with Crippen LogP contribution in [-0.4, -0.2) is 69.3 Å². The molecule has 2 N–H and O–H groups in total. The van der Waals surface area contributed by atoms with Crippen molar-refractivity contribution in [2.24, 2.45) is 0 Å². The fraction of sp³-hybridized carbons (Fsp3) is 0.536. The van der Waals surface area contributed by atoms with Crippen molar-refractivity contribution >= 4 is 33.1 Å². The molecule has 6 rings (SSSR count). The molecule has 2 saturated heterocycles. The monoisotopic (exact) mass is 520 g/mol. The smallest absolute Gasteiger partial charge is 0.242 e. The van der Waals surface area contributed by atoms with E-state index in [0.29, 0.717) is 25.0 Å². The van der Waals surface area contributed by atoms with Gasteiger partial charge in [0.1, 0.15) is 16.7 Å². The van der Waals surface area contributed by atoms with E-state index in [9.17, 15) is 4.79 Å². The summed E-state index contributed by atoms with van der Waals surface area (Å²) in [5.74, 6) is 1.84. The Hall–Kier alpha value is -2.75. The number of thiophene rings is 1. The summed E-state index contributed by atoms with van der Waals surface area (Å²) in [6.07, 6.45) is 4.11. The van der Waals surface area contributed by atoms with Gasteiger partial charge in [-0.3, -0.25) is 4.79 Å². The number of nitrogens with zero attached hydrogens (tertiary/aromatic N) is 4. The lowest BCUT2D eigenvalue weighted by Gasteiger charge is -2.35. The van der Waals surface area contributed by atoms with Crippen molar-refractivity contribution < 1.29 is 9.53 Å². The number of amides is 1. The van der Waals surface area contributed by atoms with E-state index in [1.165, 1.54) is 31.9 Å². The van der Waals surface area contributed by atoms with Gasteiger partial charge in [-0.05, 0) is 68.2 Å². The Morgan fingerprint density at radius 2 is 2.00 bits per heavy atom. The van der Waals surface area contributed by atoms with Crippen LogP contribution in [0.2, 0.25) is 0 Å². The van der Waals surface area contributed by atoms with E-state index in [2.05, 4.69) is 60.3 Å². The number of aromatic nitrogens is 4. The molecule has 0 unspecified atom stereocenters. The molecule has 2 aliphatic heterocycles. The van der Waals surface area contributed by atoms with Crippen LogP contribution in [0.15, 0.2) is 12.3 Å². The largest absolute Gasteiger partial charge is 0.378 e. The second kappa shape index (κ2) is 9.53. The zero-order chi connectivity index (χ0) is 25.8. The number of hydrogen-bond acceptors (Lipinski definition) is 6. The van der Waals surface area contributed by atoms with Crippen LogP contribution in [0.25, 0.3) is 27.1 Å². The van der Waals surface area contributed by atoms with Gasteiger partial charge in [0.25, 0.3) is 0 Å².